The zero-order valence-electron chi connectivity index (χ0n) is 8.77. The minimum Gasteiger partial charge on any atom is -0.460 e. The number of halogens is 2. The van der Waals surface area contributed by atoms with Crippen molar-refractivity contribution < 1.29 is 9.53 Å². The average Bonchev–Trinajstić information content (AvgIpc) is 2.27. The van der Waals surface area contributed by atoms with E-state index < -0.39 is 6.04 Å². The van der Waals surface area contributed by atoms with Crippen LogP contribution < -0.4 is 5.73 Å². The van der Waals surface area contributed by atoms with Crippen molar-refractivity contribution in [1.29, 1.82) is 0 Å². The lowest BCUT2D eigenvalue weighted by Gasteiger charge is -2.09. The van der Waals surface area contributed by atoms with E-state index in [9.17, 15) is 4.79 Å². The maximum Gasteiger partial charge on any atom is 0.323 e. The molecule has 0 amide bonds. The molecule has 16 heavy (non-hydrogen) atoms. The van der Waals surface area contributed by atoms with Gasteiger partial charge < -0.3 is 10.5 Å². The summed E-state index contributed by atoms with van der Waals surface area (Å²) in [6.45, 7) is 0.287. The van der Waals surface area contributed by atoms with Crippen molar-refractivity contribution in [2.24, 2.45) is 5.73 Å². The Balaban J connectivity index is 0.00000225. The number of ether oxygens (including phenoxy) is 1. The van der Waals surface area contributed by atoms with Crippen LogP contribution in [0.5, 0.6) is 0 Å². The van der Waals surface area contributed by atoms with Gasteiger partial charge in [0.1, 0.15) is 12.6 Å². The Morgan fingerprint density at radius 3 is 2.56 bits per heavy atom. The molecule has 0 fully saturated rings. The third-order valence-electron chi connectivity index (χ3n) is 1.95. The summed E-state index contributed by atoms with van der Waals surface area (Å²) < 4.78 is 5.06. The second-order valence-corrected chi connectivity index (χ2v) is 3.97. The van der Waals surface area contributed by atoms with E-state index in [0.29, 0.717) is 11.8 Å². The Kier molecular flexibility index (Phi) is 8.25. The lowest BCUT2D eigenvalue weighted by Crippen LogP contribution is -2.32. The minimum atomic E-state index is -0.534. The van der Waals surface area contributed by atoms with Crippen molar-refractivity contribution in [2.45, 2.75) is 19.1 Å². The van der Waals surface area contributed by atoms with E-state index in [-0.39, 0.29) is 25.0 Å². The van der Waals surface area contributed by atoms with Crippen LogP contribution in [0.1, 0.15) is 12.0 Å². The monoisotopic (exact) mass is 307 g/mol. The summed E-state index contributed by atoms with van der Waals surface area (Å²) in [5, 5.41) is 0.703. The quantitative estimate of drug-likeness (QED) is 0.670. The largest absolute Gasteiger partial charge is 0.460 e. The number of rotatable bonds is 5. The summed E-state index contributed by atoms with van der Waals surface area (Å²) in [4.78, 5) is 11.3. The number of alkyl halides is 1. The van der Waals surface area contributed by atoms with Crippen LogP contribution in [-0.4, -0.2) is 17.3 Å². The highest BCUT2D eigenvalue weighted by Crippen LogP contribution is 2.03. The van der Waals surface area contributed by atoms with Gasteiger partial charge in [0.05, 0.1) is 0 Å². The molecule has 1 aromatic carbocycles. The minimum absolute atomic E-state index is 0. The molecule has 0 saturated heterocycles. The number of carbonyl (C=O) groups excluding carboxylic acids is 1. The van der Waals surface area contributed by atoms with Crippen LogP contribution in [0.4, 0.5) is 0 Å². The Hall–Kier alpha value is -0.580. The molecular weight excluding hydrogens is 293 g/mol. The van der Waals surface area contributed by atoms with Crippen molar-refractivity contribution in [3.63, 3.8) is 0 Å². The summed E-state index contributed by atoms with van der Waals surface area (Å²) in [7, 11) is 0. The summed E-state index contributed by atoms with van der Waals surface area (Å²) in [5.41, 5.74) is 6.56. The van der Waals surface area contributed by atoms with Gasteiger partial charge >= 0.3 is 5.97 Å². The van der Waals surface area contributed by atoms with Crippen LogP contribution in [0.25, 0.3) is 0 Å². The van der Waals surface area contributed by atoms with Crippen molar-refractivity contribution in [1.82, 2.24) is 0 Å². The molecule has 2 N–H and O–H groups in total. The molecule has 0 aliphatic carbocycles. The molecule has 0 heterocycles. The Morgan fingerprint density at radius 2 is 2.00 bits per heavy atom. The zero-order valence-corrected chi connectivity index (χ0v) is 11.2. The van der Waals surface area contributed by atoms with E-state index in [2.05, 4.69) is 15.9 Å². The Morgan fingerprint density at radius 1 is 1.38 bits per heavy atom. The molecule has 0 aliphatic rings. The molecular formula is C11H15BrClNO2. The van der Waals surface area contributed by atoms with E-state index in [1.54, 1.807) is 0 Å². The first-order valence-electron chi connectivity index (χ1n) is 4.76. The topological polar surface area (TPSA) is 52.3 Å². The third kappa shape index (κ3) is 5.49. The lowest BCUT2D eigenvalue weighted by atomic mass is 10.2. The van der Waals surface area contributed by atoms with Crippen LogP contribution in [0.3, 0.4) is 0 Å². The Labute approximate surface area is 110 Å². The molecule has 0 aromatic heterocycles. The predicted molar refractivity (Wildman–Crippen MR) is 69.9 cm³/mol. The first kappa shape index (κ1) is 15.4. The van der Waals surface area contributed by atoms with Crippen LogP contribution in [0.15, 0.2) is 30.3 Å². The molecule has 90 valence electrons. The number of benzene rings is 1. The highest BCUT2D eigenvalue weighted by atomic mass is 79.9. The second kappa shape index (κ2) is 8.56. The number of nitrogens with two attached hydrogens (primary N) is 1. The number of hydrogen-bond acceptors (Lipinski definition) is 3. The van der Waals surface area contributed by atoms with Crippen molar-refractivity contribution >= 4 is 34.3 Å². The fourth-order valence-electron chi connectivity index (χ4n) is 1.07. The Bertz CT molecular complexity index is 308. The van der Waals surface area contributed by atoms with Gasteiger partial charge in [0, 0.05) is 5.33 Å². The van der Waals surface area contributed by atoms with Gasteiger partial charge in [-0.05, 0) is 12.0 Å². The molecule has 1 rings (SSSR count). The van der Waals surface area contributed by atoms with Crippen LogP contribution >= 0.6 is 28.3 Å². The molecule has 0 aliphatic heterocycles. The number of carbonyl (C=O) groups is 1. The van der Waals surface area contributed by atoms with Crippen LogP contribution in [0, 0.1) is 0 Å². The van der Waals surface area contributed by atoms with Crippen molar-refractivity contribution in [2.75, 3.05) is 5.33 Å². The van der Waals surface area contributed by atoms with E-state index in [0.717, 1.165) is 5.56 Å². The highest BCUT2D eigenvalue weighted by Gasteiger charge is 2.13. The maximum absolute atomic E-state index is 11.3. The molecule has 0 spiro atoms. The van der Waals surface area contributed by atoms with E-state index in [1.165, 1.54) is 0 Å². The van der Waals surface area contributed by atoms with Crippen molar-refractivity contribution in [3.05, 3.63) is 35.9 Å². The first-order valence-corrected chi connectivity index (χ1v) is 5.88. The van der Waals surface area contributed by atoms with Gasteiger partial charge in [0.25, 0.3) is 0 Å². The molecule has 0 bridgehead atoms. The second-order valence-electron chi connectivity index (χ2n) is 3.18. The third-order valence-corrected chi connectivity index (χ3v) is 2.40. The van der Waals surface area contributed by atoms with Gasteiger partial charge in [-0.25, -0.2) is 0 Å². The molecule has 3 nitrogen and oxygen atoms in total. The molecule has 1 aromatic rings. The molecule has 1 unspecified atom stereocenters. The van der Waals surface area contributed by atoms with Crippen molar-refractivity contribution in [3.8, 4) is 0 Å². The maximum atomic E-state index is 11.3. The molecule has 1 atom stereocenters. The smallest absolute Gasteiger partial charge is 0.323 e. The van der Waals surface area contributed by atoms with E-state index >= 15 is 0 Å². The molecule has 0 radical (unpaired) electrons. The van der Waals surface area contributed by atoms with Gasteiger partial charge in [0.15, 0.2) is 0 Å². The first-order chi connectivity index (χ1) is 7.24. The summed E-state index contributed by atoms with van der Waals surface area (Å²) in [6.07, 6.45) is 0.591. The zero-order chi connectivity index (χ0) is 11.1. The SMILES string of the molecule is Cl.NC(CCBr)C(=O)OCc1ccccc1. The van der Waals surface area contributed by atoms with Gasteiger partial charge in [-0.1, -0.05) is 46.3 Å². The standard InChI is InChI=1S/C11H14BrNO2.ClH/c12-7-6-10(13)11(14)15-8-9-4-2-1-3-5-9;/h1-5,10H,6-8,13H2;1H. The van der Waals surface area contributed by atoms with E-state index in [4.69, 9.17) is 10.5 Å². The lowest BCUT2D eigenvalue weighted by molar-refractivity contribution is -0.146. The predicted octanol–water partition coefficient (Wildman–Crippen LogP) is 2.26. The highest BCUT2D eigenvalue weighted by molar-refractivity contribution is 9.09. The average molecular weight is 309 g/mol. The fraction of sp³-hybridized carbons (Fsp3) is 0.364. The summed E-state index contributed by atoms with van der Waals surface area (Å²) in [6, 6.07) is 9.01. The van der Waals surface area contributed by atoms with Gasteiger partial charge in [-0.3, -0.25) is 4.79 Å². The van der Waals surface area contributed by atoms with Gasteiger partial charge in [-0.2, -0.15) is 0 Å². The normalized spacial score (nSPS) is 11.4. The van der Waals surface area contributed by atoms with Crippen LogP contribution in [-0.2, 0) is 16.1 Å². The number of esters is 1. The van der Waals surface area contributed by atoms with Gasteiger partial charge in [-0.15, -0.1) is 12.4 Å². The van der Waals surface area contributed by atoms with Crippen LogP contribution in [0.2, 0.25) is 0 Å². The molecule has 0 saturated carbocycles. The summed E-state index contributed by atoms with van der Waals surface area (Å²) in [5.74, 6) is -0.349. The molecule has 5 heteroatoms. The van der Waals surface area contributed by atoms with E-state index in [1.807, 2.05) is 30.3 Å². The van der Waals surface area contributed by atoms with Gasteiger partial charge in [0.2, 0.25) is 0 Å². The summed E-state index contributed by atoms with van der Waals surface area (Å²) >= 11 is 3.23. The fourth-order valence-corrected chi connectivity index (χ4v) is 1.56. The number of hydrogen-bond donors (Lipinski definition) is 1.